The average molecular weight is 276 g/mol. The van der Waals surface area contributed by atoms with Gasteiger partial charge in [-0.15, -0.1) is 23.1 Å². The average Bonchev–Trinajstić information content (AvgIpc) is 2.95. The first-order valence-electron chi connectivity index (χ1n) is 6.18. The molecule has 1 unspecified atom stereocenters. The molecule has 94 valence electrons. The van der Waals surface area contributed by atoms with E-state index in [1.54, 1.807) is 11.3 Å². The van der Waals surface area contributed by atoms with Crippen LogP contribution in [0.5, 0.6) is 0 Å². The molecule has 0 aliphatic carbocycles. The van der Waals surface area contributed by atoms with E-state index in [4.69, 9.17) is 0 Å². The van der Waals surface area contributed by atoms with Crippen LogP contribution >= 0.6 is 23.1 Å². The maximum Gasteiger partial charge on any atom is 0.0897 e. The molecule has 0 radical (unpaired) electrons. The lowest BCUT2D eigenvalue weighted by Crippen LogP contribution is -2.23. The van der Waals surface area contributed by atoms with Crippen LogP contribution in [-0.2, 0) is 13.0 Å². The van der Waals surface area contributed by atoms with E-state index in [2.05, 4.69) is 41.5 Å². The van der Waals surface area contributed by atoms with Crippen LogP contribution in [-0.4, -0.2) is 16.8 Å². The fourth-order valence-corrected chi connectivity index (χ4v) is 4.26. The summed E-state index contributed by atoms with van der Waals surface area (Å²) < 4.78 is 0. The second kappa shape index (κ2) is 5.43. The molecule has 1 aromatic carbocycles. The van der Waals surface area contributed by atoms with Gasteiger partial charge in [-0.3, -0.25) is 0 Å². The first kappa shape index (κ1) is 12.2. The Morgan fingerprint density at radius 1 is 1.39 bits per heavy atom. The van der Waals surface area contributed by atoms with Gasteiger partial charge >= 0.3 is 0 Å². The zero-order chi connectivity index (χ0) is 12.4. The highest BCUT2D eigenvalue weighted by atomic mass is 32.2. The number of hydrogen-bond acceptors (Lipinski definition) is 4. The smallest absolute Gasteiger partial charge is 0.0897 e. The molecule has 0 saturated carbocycles. The van der Waals surface area contributed by atoms with Crippen LogP contribution in [0.3, 0.4) is 0 Å². The summed E-state index contributed by atoms with van der Waals surface area (Å²) in [5.74, 6) is 0. The van der Waals surface area contributed by atoms with Crippen LogP contribution in [0.4, 0.5) is 0 Å². The van der Waals surface area contributed by atoms with Crippen molar-refractivity contribution in [3.8, 4) is 0 Å². The summed E-state index contributed by atoms with van der Waals surface area (Å²) in [5.41, 5.74) is 1.50. The molecule has 1 atom stereocenters. The summed E-state index contributed by atoms with van der Waals surface area (Å²) in [6.07, 6.45) is 3.17. The molecular formula is C14H16N2S2. The second-order valence-electron chi connectivity index (χ2n) is 4.53. The van der Waals surface area contributed by atoms with E-state index >= 15 is 0 Å². The van der Waals surface area contributed by atoms with Crippen molar-refractivity contribution in [2.24, 2.45) is 0 Å². The van der Waals surface area contributed by atoms with Gasteiger partial charge in [0.25, 0.3) is 0 Å². The summed E-state index contributed by atoms with van der Waals surface area (Å²) in [6.45, 7) is 4.06. The third kappa shape index (κ3) is 2.76. The van der Waals surface area contributed by atoms with Gasteiger partial charge in [-0.05, 0) is 25.0 Å². The van der Waals surface area contributed by atoms with E-state index in [0.717, 1.165) is 18.1 Å². The Bertz CT molecular complexity index is 511. The maximum absolute atomic E-state index is 4.27. The van der Waals surface area contributed by atoms with Gasteiger partial charge < -0.3 is 5.32 Å². The van der Waals surface area contributed by atoms with Gasteiger partial charge in [0, 0.05) is 34.3 Å². The van der Waals surface area contributed by atoms with E-state index in [9.17, 15) is 0 Å². The number of thiazole rings is 1. The molecule has 2 aromatic rings. The molecule has 1 aliphatic heterocycles. The lowest BCUT2D eigenvalue weighted by molar-refractivity contribution is 0.670. The SMILES string of the molecule is Cc1ncc(CNCC2Cc3ccccc3S2)s1. The van der Waals surface area contributed by atoms with Crippen molar-refractivity contribution in [2.75, 3.05) is 6.54 Å². The van der Waals surface area contributed by atoms with Crippen molar-refractivity contribution in [3.05, 3.63) is 45.9 Å². The number of aromatic nitrogens is 1. The standard InChI is InChI=1S/C14H16N2S2/c1-10-16-9-13(17-10)8-15-7-12-6-11-4-2-3-5-14(11)18-12/h2-5,9,12,15H,6-8H2,1H3. The Kier molecular flexibility index (Phi) is 3.68. The fraction of sp³-hybridized carbons (Fsp3) is 0.357. The Morgan fingerprint density at radius 3 is 3.06 bits per heavy atom. The Labute approximate surface area is 116 Å². The molecule has 1 N–H and O–H groups in total. The first-order valence-corrected chi connectivity index (χ1v) is 7.87. The summed E-state index contributed by atoms with van der Waals surface area (Å²) in [7, 11) is 0. The molecule has 4 heteroatoms. The third-order valence-electron chi connectivity index (χ3n) is 3.05. The quantitative estimate of drug-likeness (QED) is 0.928. The van der Waals surface area contributed by atoms with Crippen LogP contribution in [0.15, 0.2) is 35.4 Å². The molecule has 2 heterocycles. The summed E-state index contributed by atoms with van der Waals surface area (Å²) in [4.78, 5) is 7.06. The topological polar surface area (TPSA) is 24.9 Å². The molecule has 18 heavy (non-hydrogen) atoms. The molecular weight excluding hydrogens is 260 g/mol. The molecule has 0 spiro atoms. The van der Waals surface area contributed by atoms with Crippen molar-refractivity contribution in [1.29, 1.82) is 0 Å². The predicted molar refractivity (Wildman–Crippen MR) is 78.3 cm³/mol. The summed E-state index contributed by atoms with van der Waals surface area (Å²) in [6, 6.07) is 8.73. The zero-order valence-corrected chi connectivity index (χ0v) is 12.0. The number of thioether (sulfide) groups is 1. The molecule has 1 aliphatic rings. The number of nitrogens with one attached hydrogen (secondary N) is 1. The predicted octanol–water partition coefficient (Wildman–Crippen LogP) is 3.26. The minimum Gasteiger partial charge on any atom is -0.311 e. The number of benzene rings is 1. The van der Waals surface area contributed by atoms with Crippen molar-refractivity contribution < 1.29 is 0 Å². The highest BCUT2D eigenvalue weighted by molar-refractivity contribution is 8.00. The van der Waals surface area contributed by atoms with E-state index < -0.39 is 0 Å². The fourth-order valence-electron chi connectivity index (χ4n) is 2.21. The Balaban J connectivity index is 1.48. The highest BCUT2D eigenvalue weighted by Gasteiger charge is 2.21. The van der Waals surface area contributed by atoms with Gasteiger partial charge in [0.05, 0.1) is 5.01 Å². The lowest BCUT2D eigenvalue weighted by atomic mass is 10.1. The monoisotopic (exact) mass is 276 g/mol. The normalized spacial score (nSPS) is 17.9. The molecule has 2 nitrogen and oxygen atoms in total. The summed E-state index contributed by atoms with van der Waals surface area (Å²) in [5, 5.41) is 5.37. The number of aryl methyl sites for hydroxylation is 1. The zero-order valence-electron chi connectivity index (χ0n) is 10.3. The third-order valence-corrected chi connectivity index (χ3v) is 5.29. The van der Waals surface area contributed by atoms with Crippen molar-refractivity contribution >= 4 is 23.1 Å². The van der Waals surface area contributed by atoms with Crippen molar-refractivity contribution in [3.63, 3.8) is 0 Å². The van der Waals surface area contributed by atoms with E-state index in [1.807, 2.05) is 18.0 Å². The molecule has 0 amide bonds. The van der Waals surface area contributed by atoms with Crippen molar-refractivity contribution in [2.45, 2.75) is 30.0 Å². The minimum absolute atomic E-state index is 0.677. The van der Waals surface area contributed by atoms with Crippen LogP contribution in [0.1, 0.15) is 15.4 Å². The van der Waals surface area contributed by atoms with E-state index in [0.29, 0.717) is 5.25 Å². The maximum atomic E-state index is 4.27. The van der Waals surface area contributed by atoms with Crippen LogP contribution in [0.2, 0.25) is 0 Å². The van der Waals surface area contributed by atoms with E-state index in [1.165, 1.54) is 21.8 Å². The molecule has 3 rings (SSSR count). The number of nitrogens with zero attached hydrogens (tertiary/aromatic N) is 1. The van der Waals surface area contributed by atoms with Gasteiger partial charge in [-0.25, -0.2) is 4.98 Å². The number of fused-ring (bicyclic) bond motifs is 1. The van der Waals surface area contributed by atoms with Crippen molar-refractivity contribution in [1.82, 2.24) is 10.3 Å². The molecule has 1 aromatic heterocycles. The van der Waals surface area contributed by atoms with Gasteiger partial charge in [0.1, 0.15) is 0 Å². The summed E-state index contributed by atoms with van der Waals surface area (Å²) >= 11 is 3.78. The van der Waals surface area contributed by atoms with Gasteiger partial charge in [0.2, 0.25) is 0 Å². The Hall–Kier alpha value is -0.840. The first-order chi connectivity index (χ1) is 8.81. The highest BCUT2D eigenvalue weighted by Crippen LogP contribution is 2.36. The minimum atomic E-state index is 0.677. The van der Waals surface area contributed by atoms with Crippen LogP contribution in [0.25, 0.3) is 0 Å². The largest absolute Gasteiger partial charge is 0.311 e. The molecule has 0 saturated heterocycles. The molecule has 0 fully saturated rings. The second-order valence-corrected chi connectivity index (χ2v) is 7.19. The number of hydrogen-bond donors (Lipinski definition) is 1. The molecule has 0 bridgehead atoms. The Morgan fingerprint density at radius 2 is 2.28 bits per heavy atom. The van der Waals surface area contributed by atoms with E-state index in [-0.39, 0.29) is 0 Å². The van der Waals surface area contributed by atoms with Crippen LogP contribution < -0.4 is 5.32 Å². The van der Waals surface area contributed by atoms with Gasteiger partial charge in [0.15, 0.2) is 0 Å². The van der Waals surface area contributed by atoms with Crippen LogP contribution in [0, 0.1) is 6.92 Å². The van der Waals surface area contributed by atoms with Gasteiger partial charge in [-0.2, -0.15) is 0 Å². The lowest BCUT2D eigenvalue weighted by Gasteiger charge is -2.08. The van der Waals surface area contributed by atoms with Gasteiger partial charge in [-0.1, -0.05) is 18.2 Å². The number of rotatable bonds is 4.